The van der Waals surface area contributed by atoms with Crippen LogP contribution in [0.5, 0.6) is 0 Å². The SMILES string of the molecule is C=CC1=C(C)c2cc3nc(cc4[nH]c(cc5cc(C)c(cc1n2)[nH]5)c(C)c4CCC(=O)OC)C(CCC(=C)C)=C3C. The average Bonchev–Trinajstić information content (AvgIpc) is 3.61. The summed E-state index contributed by atoms with van der Waals surface area (Å²) >= 11 is 0. The van der Waals surface area contributed by atoms with Crippen LogP contribution in [0.1, 0.15) is 79.5 Å². The van der Waals surface area contributed by atoms with E-state index in [0.717, 1.165) is 96.7 Å². The van der Waals surface area contributed by atoms with Gasteiger partial charge in [-0.15, -0.1) is 6.58 Å². The lowest BCUT2D eigenvalue weighted by Gasteiger charge is -2.05. The molecular formula is C35H38N4O2. The molecule has 0 saturated carbocycles. The zero-order chi connectivity index (χ0) is 29.4. The Morgan fingerprint density at radius 1 is 0.854 bits per heavy atom. The predicted octanol–water partition coefficient (Wildman–Crippen LogP) is 8.44. The number of allylic oxidation sites excluding steroid dienone is 6. The monoisotopic (exact) mass is 546 g/mol. The third-order valence-corrected chi connectivity index (χ3v) is 8.17. The first-order chi connectivity index (χ1) is 19.6. The Morgan fingerprint density at radius 2 is 1.56 bits per heavy atom. The molecule has 210 valence electrons. The lowest BCUT2D eigenvalue weighted by atomic mass is 9.98. The van der Waals surface area contributed by atoms with Crippen LogP contribution in [0, 0.1) is 13.8 Å². The Kier molecular flexibility index (Phi) is 7.68. The highest BCUT2D eigenvalue weighted by atomic mass is 16.5. The number of aryl methyl sites for hydroxylation is 3. The van der Waals surface area contributed by atoms with E-state index in [0.29, 0.717) is 12.8 Å². The molecule has 8 bridgehead atoms. The third-order valence-electron chi connectivity index (χ3n) is 8.17. The van der Waals surface area contributed by atoms with E-state index in [4.69, 9.17) is 14.7 Å². The van der Waals surface area contributed by atoms with E-state index in [1.807, 2.05) is 6.08 Å². The Labute approximate surface area is 241 Å². The predicted molar refractivity (Wildman–Crippen MR) is 170 cm³/mol. The number of carbonyl (C=O) groups is 1. The fourth-order valence-electron chi connectivity index (χ4n) is 5.64. The van der Waals surface area contributed by atoms with Crippen molar-refractivity contribution in [2.75, 3.05) is 7.11 Å². The maximum atomic E-state index is 12.1. The van der Waals surface area contributed by atoms with Gasteiger partial charge in [0.25, 0.3) is 0 Å². The Morgan fingerprint density at radius 3 is 2.27 bits per heavy atom. The van der Waals surface area contributed by atoms with E-state index < -0.39 is 0 Å². The molecule has 2 aliphatic heterocycles. The summed E-state index contributed by atoms with van der Waals surface area (Å²) in [4.78, 5) is 29.5. The first-order valence-electron chi connectivity index (χ1n) is 14.1. The normalized spacial score (nSPS) is 13.1. The first kappa shape index (κ1) is 28.1. The van der Waals surface area contributed by atoms with Crippen molar-refractivity contribution in [1.82, 2.24) is 19.9 Å². The van der Waals surface area contributed by atoms with Gasteiger partial charge >= 0.3 is 5.97 Å². The molecule has 0 unspecified atom stereocenters. The molecule has 0 aliphatic carbocycles. The van der Waals surface area contributed by atoms with Gasteiger partial charge in [0.05, 0.1) is 29.9 Å². The van der Waals surface area contributed by atoms with Gasteiger partial charge in [0.15, 0.2) is 0 Å². The molecule has 41 heavy (non-hydrogen) atoms. The van der Waals surface area contributed by atoms with Crippen LogP contribution < -0.4 is 0 Å². The number of carbonyl (C=O) groups excluding carboxylic acids is 1. The zero-order valence-corrected chi connectivity index (χ0v) is 24.9. The van der Waals surface area contributed by atoms with Gasteiger partial charge in [0.1, 0.15) is 0 Å². The molecule has 2 aliphatic rings. The fraction of sp³-hybridized carbons (Fsp3) is 0.286. The van der Waals surface area contributed by atoms with Crippen LogP contribution in [0.15, 0.2) is 55.1 Å². The first-order valence-corrected chi connectivity index (χ1v) is 14.1. The molecule has 5 heterocycles. The highest BCUT2D eigenvalue weighted by Gasteiger charge is 2.20. The molecule has 0 amide bonds. The van der Waals surface area contributed by atoms with E-state index >= 15 is 0 Å². The van der Waals surface area contributed by atoms with Crippen LogP contribution in [0.25, 0.3) is 44.4 Å². The number of H-pyrrole nitrogens is 2. The summed E-state index contributed by atoms with van der Waals surface area (Å²) in [6, 6.07) is 10.6. The van der Waals surface area contributed by atoms with Crippen LogP contribution in [0.2, 0.25) is 0 Å². The Bertz CT molecular complexity index is 1830. The molecule has 0 spiro atoms. The molecule has 0 fully saturated rings. The smallest absolute Gasteiger partial charge is 0.305 e. The Hall–Kier alpha value is -4.45. The number of esters is 1. The third kappa shape index (κ3) is 5.47. The topological polar surface area (TPSA) is 83.7 Å². The van der Waals surface area contributed by atoms with Crippen LogP contribution in [-0.4, -0.2) is 33.0 Å². The molecule has 5 rings (SSSR count). The number of aromatic amines is 2. The lowest BCUT2D eigenvalue weighted by Crippen LogP contribution is -2.02. The van der Waals surface area contributed by atoms with Crippen molar-refractivity contribution in [2.45, 2.75) is 60.3 Å². The Balaban J connectivity index is 1.88. The molecule has 6 nitrogen and oxygen atoms in total. The van der Waals surface area contributed by atoms with Crippen LogP contribution in [0.4, 0.5) is 0 Å². The second-order valence-electron chi connectivity index (χ2n) is 11.1. The van der Waals surface area contributed by atoms with Crippen molar-refractivity contribution in [1.29, 1.82) is 0 Å². The van der Waals surface area contributed by atoms with Crippen molar-refractivity contribution < 1.29 is 9.53 Å². The number of hydrogen-bond acceptors (Lipinski definition) is 4. The summed E-state index contributed by atoms with van der Waals surface area (Å²) in [5.41, 5.74) is 16.5. The summed E-state index contributed by atoms with van der Waals surface area (Å²) in [5.74, 6) is -0.224. The summed E-state index contributed by atoms with van der Waals surface area (Å²) < 4.78 is 4.95. The second-order valence-corrected chi connectivity index (χ2v) is 11.1. The number of nitrogens with one attached hydrogen (secondary N) is 2. The largest absolute Gasteiger partial charge is 0.469 e. The van der Waals surface area contributed by atoms with Crippen molar-refractivity contribution in [3.8, 4) is 0 Å². The van der Waals surface area contributed by atoms with Crippen LogP contribution in [-0.2, 0) is 16.0 Å². The highest BCUT2D eigenvalue weighted by molar-refractivity contribution is 5.98. The number of ether oxygens (including phenoxy) is 1. The van der Waals surface area contributed by atoms with Crippen LogP contribution >= 0.6 is 0 Å². The van der Waals surface area contributed by atoms with Gasteiger partial charge in [-0.1, -0.05) is 18.2 Å². The number of methoxy groups -OCH3 is 1. The summed E-state index contributed by atoms with van der Waals surface area (Å²) in [5, 5.41) is 0. The lowest BCUT2D eigenvalue weighted by molar-refractivity contribution is -0.140. The number of hydrogen-bond donors (Lipinski definition) is 2. The van der Waals surface area contributed by atoms with Gasteiger partial charge in [0.2, 0.25) is 0 Å². The van der Waals surface area contributed by atoms with Gasteiger partial charge in [-0.05, 0) is 118 Å². The molecule has 3 aromatic heterocycles. The van der Waals surface area contributed by atoms with E-state index in [2.05, 4.69) is 88.1 Å². The van der Waals surface area contributed by atoms with Crippen molar-refractivity contribution >= 4 is 50.3 Å². The van der Waals surface area contributed by atoms with Gasteiger partial charge in [-0.3, -0.25) is 4.79 Å². The maximum Gasteiger partial charge on any atom is 0.305 e. The average molecular weight is 547 g/mol. The minimum atomic E-state index is -0.224. The second kappa shape index (κ2) is 11.2. The molecule has 0 atom stereocenters. The van der Waals surface area contributed by atoms with Gasteiger partial charge < -0.3 is 14.7 Å². The summed E-state index contributed by atoms with van der Waals surface area (Å²) in [7, 11) is 1.43. The molecule has 0 saturated heterocycles. The minimum Gasteiger partial charge on any atom is -0.469 e. The molecule has 2 N–H and O–H groups in total. The standard InChI is InChI=1S/C35H38N4O2/c1-9-25-21(5)30-17-31-23(7)26(11-10-19(2)3)33(39-31)18-34-27(12-13-35(40)41-8)22(6)29(37-34)15-24-14-20(4)28(36-24)16-32(25)38-30/h9,14-18,36-37H,1-2,10-13H2,3-8H3. The number of aromatic nitrogens is 4. The van der Waals surface area contributed by atoms with Gasteiger partial charge in [0, 0.05) is 34.1 Å². The van der Waals surface area contributed by atoms with Crippen molar-refractivity contribution in [2.24, 2.45) is 0 Å². The number of rotatable bonds is 7. The molecule has 0 aromatic carbocycles. The minimum absolute atomic E-state index is 0.224. The highest BCUT2D eigenvalue weighted by Crippen LogP contribution is 2.37. The van der Waals surface area contributed by atoms with Crippen molar-refractivity contribution in [3.05, 3.63) is 94.6 Å². The quantitative estimate of drug-likeness (QED) is 0.230. The molecule has 3 aromatic rings. The van der Waals surface area contributed by atoms with E-state index in [9.17, 15) is 4.79 Å². The van der Waals surface area contributed by atoms with E-state index in [1.165, 1.54) is 12.7 Å². The maximum absolute atomic E-state index is 12.1. The molecule has 6 heteroatoms. The number of fused-ring (bicyclic) bond motifs is 8. The molecular weight excluding hydrogens is 508 g/mol. The van der Waals surface area contributed by atoms with Crippen LogP contribution in [0.3, 0.4) is 0 Å². The van der Waals surface area contributed by atoms with E-state index in [-0.39, 0.29) is 5.97 Å². The zero-order valence-electron chi connectivity index (χ0n) is 24.9. The fourth-order valence-corrected chi connectivity index (χ4v) is 5.64. The van der Waals surface area contributed by atoms with Gasteiger partial charge in [-0.25, -0.2) is 9.97 Å². The van der Waals surface area contributed by atoms with Gasteiger partial charge in [-0.2, -0.15) is 0 Å². The number of nitrogens with zero attached hydrogens (tertiary/aromatic N) is 2. The molecule has 0 radical (unpaired) electrons. The summed E-state index contributed by atoms with van der Waals surface area (Å²) in [6.07, 6.45) is 4.49. The summed E-state index contributed by atoms with van der Waals surface area (Å²) in [6.45, 7) is 18.7. The van der Waals surface area contributed by atoms with E-state index in [1.54, 1.807) is 0 Å². The van der Waals surface area contributed by atoms with Crippen molar-refractivity contribution in [3.63, 3.8) is 0 Å².